The minimum absolute atomic E-state index is 0.0898. The van der Waals surface area contributed by atoms with Crippen molar-refractivity contribution in [3.63, 3.8) is 0 Å². The van der Waals surface area contributed by atoms with Gasteiger partial charge in [0.2, 0.25) is 5.88 Å². The van der Waals surface area contributed by atoms with Gasteiger partial charge in [0.1, 0.15) is 0 Å². The fourth-order valence-corrected chi connectivity index (χ4v) is 4.04. The smallest absolute Gasteiger partial charge is 0.212 e. The number of nitrogens with zero attached hydrogens (tertiary/aromatic N) is 1. The van der Waals surface area contributed by atoms with E-state index in [1.165, 1.54) is 36.7 Å². The second-order valence-corrected chi connectivity index (χ2v) is 6.58. The van der Waals surface area contributed by atoms with Crippen LogP contribution in [0, 0.1) is 0 Å². The summed E-state index contributed by atoms with van der Waals surface area (Å²) in [5.41, 5.74) is 0.776. The molecule has 1 aliphatic carbocycles. The molecule has 4 heteroatoms. The van der Waals surface area contributed by atoms with Crippen LogP contribution in [-0.2, 0) is 0 Å². The standard InChI is InChI=1S/C16H19NO2S/c18-15-11-14(20-13-9-5-2-6-10-13)16(19)17(15)12-7-3-1-4-8-12/h1,3-4,7-8,11,13,18-19H,2,5-6,9-10H2. The van der Waals surface area contributed by atoms with Gasteiger partial charge in [-0.05, 0) is 25.0 Å². The first kappa shape index (κ1) is 13.4. The molecule has 1 aromatic heterocycles. The topological polar surface area (TPSA) is 45.4 Å². The SMILES string of the molecule is Oc1cc(SC2CCCCC2)c(O)n1-c1ccccc1. The number of para-hydroxylation sites is 1. The van der Waals surface area contributed by atoms with E-state index in [0.29, 0.717) is 5.25 Å². The number of aromatic nitrogens is 1. The van der Waals surface area contributed by atoms with E-state index in [2.05, 4.69) is 0 Å². The molecule has 0 unspecified atom stereocenters. The molecule has 0 aliphatic heterocycles. The van der Waals surface area contributed by atoms with Crippen LogP contribution in [0.15, 0.2) is 41.3 Å². The van der Waals surface area contributed by atoms with Gasteiger partial charge >= 0.3 is 0 Å². The van der Waals surface area contributed by atoms with Crippen LogP contribution < -0.4 is 0 Å². The molecule has 0 amide bonds. The first-order valence-corrected chi connectivity index (χ1v) is 7.99. The predicted octanol–water partition coefficient (Wildman–Crippen LogP) is 4.31. The van der Waals surface area contributed by atoms with Crippen molar-refractivity contribution >= 4 is 11.8 Å². The zero-order chi connectivity index (χ0) is 13.9. The molecule has 2 aromatic rings. The van der Waals surface area contributed by atoms with Gasteiger partial charge in [0.05, 0.1) is 10.6 Å². The molecule has 3 rings (SSSR count). The first-order chi connectivity index (χ1) is 9.75. The largest absolute Gasteiger partial charge is 0.494 e. The molecule has 0 bridgehead atoms. The van der Waals surface area contributed by atoms with E-state index in [9.17, 15) is 10.2 Å². The fraction of sp³-hybridized carbons (Fsp3) is 0.375. The maximum absolute atomic E-state index is 10.4. The number of benzene rings is 1. The number of hydrogen-bond acceptors (Lipinski definition) is 3. The maximum atomic E-state index is 10.4. The zero-order valence-corrected chi connectivity index (χ0v) is 12.1. The lowest BCUT2D eigenvalue weighted by atomic mass is 10.0. The van der Waals surface area contributed by atoms with E-state index in [0.717, 1.165) is 10.6 Å². The van der Waals surface area contributed by atoms with Gasteiger partial charge in [0.15, 0.2) is 5.88 Å². The summed E-state index contributed by atoms with van der Waals surface area (Å²) >= 11 is 1.69. The lowest BCUT2D eigenvalue weighted by molar-refractivity contribution is 0.398. The monoisotopic (exact) mass is 289 g/mol. The summed E-state index contributed by atoms with van der Waals surface area (Å²) in [7, 11) is 0. The molecule has 1 saturated carbocycles. The van der Waals surface area contributed by atoms with E-state index in [4.69, 9.17) is 0 Å². The number of aromatic hydroxyl groups is 2. The first-order valence-electron chi connectivity index (χ1n) is 7.11. The van der Waals surface area contributed by atoms with Crippen LogP contribution in [0.1, 0.15) is 32.1 Å². The molecule has 2 N–H and O–H groups in total. The summed E-state index contributed by atoms with van der Waals surface area (Å²) in [5, 5.41) is 21.0. The van der Waals surface area contributed by atoms with Crippen LogP contribution in [0.3, 0.4) is 0 Å². The molecule has 0 radical (unpaired) electrons. The van der Waals surface area contributed by atoms with Gasteiger partial charge in [-0.2, -0.15) is 0 Å². The Labute approximate surface area is 123 Å². The van der Waals surface area contributed by atoms with Crippen LogP contribution in [0.2, 0.25) is 0 Å². The Hall–Kier alpha value is -1.55. The van der Waals surface area contributed by atoms with Crippen molar-refractivity contribution in [1.29, 1.82) is 0 Å². The Balaban J connectivity index is 1.87. The predicted molar refractivity (Wildman–Crippen MR) is 81.8 cm³/mol. The molecule has 0 spiro atoms. The van der Waals surface area contributed by atoms with Gasteiger partial charge in [-0.15, -0.1) is 11.8 Å². The maximum Gasteiger partial charge on any atom is 0.212 e. The highest BCUT2D eigenvalue weighted by Crippen LogP contribution is 2.42. The average molecular weight is 289 g/mol. The molecule has 20 heavy (non-hydrogen) atoms. The molecule has 0 saturated heterocycles. The van der Waals surface area contributed by atoms with Gasteiger partial charge < -0.3 is 10.2 Å². The van der Waals surface area contributed by atoms with E-state index in [1.54, 1.807) is 17.8 Å². The number of thioether (sulfide) groups is 1. The lowest BCUT2D eigenvalue weighted by Gasteiger charge is -2.20. The zero-order valence-electron chi connectivity index (χ0n) is 11.3. The van der Waals surface area contributed by atoms with Crippen molar-refractivity contribution in [2.45, 2.75) is 42.2 Å². The van der Waals surface area contributed by atoms with Gasteiger partial charge in [0.25, 0.3) is 0 Å². The second kappa shape index (κ2) is 5.83. The molecule has 0 atom stereocenters. The van der Waals surface area contributed by atoms with Crippen molar-refractivity contribution in [2.24, 2.45) is 0 Å². The van der Waals surface area contributed by atoms with Crippen LogP contribution >= 0.6 is 11.8 Å². The minimum atomic E-state index is 0.0898. The Bertz CT molecular complexity index is 574. The van der Waals surface area contributed by atoms with Gasteiger partial charge in [-0.3, -0.25) is 4.57 Å². The fourth-order valence-electron chi connectivity index (χ4n) is 2.75. The molecule has 3 nitrogen and oxygen atoms in total. The van der Waals surface area contributed by atoms with E-state index >= 15 is 0 Å². The normalized spacial score (nSPS) is 16.4. The number of rotatable bonds is 3. The molecular formula is C16H19NO2S. The van der Waals surface area contributed by atoms with Crippen molar-refractivity contribution in [3.8, 4) is 17.4 Å². The van der Waals surface area contributed by atoms with Gasteiger partial charge in [-0.1, -0.05) is 37.5 Å². The third kappa shape index (κ3) is 2.66. The highest BCUT2D eigenvalue weighted by molar-refractivity contribution is 8.00. The molecule has 1 aromatic carbocycles. The Morgan fingerprint density at radius 2 is 1.70 bits per heavy atom. The summed E-state index contributed by atoms with van der Waals surface area (Å²) in [6, 6.07) is 11.1. The molecule has 106 valence electrons. The molecule has 1 aliphatic rings. The van der Waals surface area contributed by atoms with Crippen molar-refractivity contribution in [1.82, 2.24) is 4.57 Å². The van der Waals surface area contributed by atoms with Gasteiger partial charge in [0, 0.05) is 11.3 Å². The third-order valence-electron chi connectivity index (χ3n) is 3.78. The molecular weight excluding hydrogens is 270 g/mol. The summed E-state index contributed by atoms with van der Waals surface area (Å²) < 4.78 is 1.49. The summed E-state index contributed by atoms with van der Waals surface area (Å²) in [5.74, 6) is 0.233. The van der Waals surface area contributed by atoms with E-state index < -0.39 is 0 Å². The highest BCUT2D eigenvalue weighted by Gasteiger charge is 2.21. The van der Waals surface area contributed by atoms with E-state index in [1.807, 2.05) is 30.3 Å². The molecule has 1 heterocycles. The van der Waals surface area contributed by atoms with Crippen molar-refractivity contribution in [3.05, 3.63) is 36.4 Å². The quantitative estimate of drug-likeness (QED) is 0.885. The third-order valence-corrected chi connectivity index (χ3v) is 5.14. The van der Waals surface area contributed by atoms with Crippen molar-refractivity contribution < 1.29 is 10.2 Å². The summed E-state index contributed by atoms with van der Waals surface area (Å²) in [4.78, 5) is 0.776. The summed E-state index contributed by atoms with van der Waals surface area (Å²) in [6.07, 6.45) is 6.25. The van der Waals surface area contributed by atoms with Crippen LogP contribution in [0.4, 0.5) is 0 Å². The Morgan fingerprint density at radius 1 is 1.00 bits per heavy atom. The lowest BCUT2D eigenvalue weighted by Crippen LogP contribution is -2.07. The summed E-state index contributed by atoms with van der Waals surface area (Å²) in [6.45, 7) is 0. The molecule has 1 fully saturated rings. The minimum Gasteiger partial charge on any atom is -0.494 e. The number of hydrogen-bond donors (Lipinski definition) is 2. The van der Waals surface area contributed by atoms with E-state index in [-0.39, 0.29) is 11.8 Å². The Morgan fingerprint density at radius 3 is 2.40 bits per heavy atom. The average Bonchev–Trinajstić information content (AvgIpc) is 2.75. The van der Waals surface area contributed by atoms with Gasteiger partial charge in [-0.25, -0.2) is 0 Å². The Kier molecular flexibility index (Phi) is 3.92. The highest BCUT2D eigenvalue weighted by atomic mass is 32.2. The van der Waals surface area contributed by atoms with Crippen LogP contribution in [-0.4, -0.2) is 20.0 Å². The van der Waals surface area contributed by atoms with Crippen LogP contribution in [0.25, 0.3) is 5.69 Å². The van der Waals surface area contributed by atoms with Crippen LogP contribution in [0.5, 0.6) is 11.8 Å². The second-order valence-electron chi connectivity index (χ2n) is 5.24. The van der Waals surface area contributed by atoms with Crippen molar-refractivity contribution in [2.75, 3.05) is 0 Å².